The van der Waals surface area contributed by atoms with Crippen molar-refractivity contribution in [3.8, 4) is 0 Å². The summed E-state index contributed by atoms with van der Waals surface area (Å²) in [6.45, 7) is 4.24. The summed E-state index contributed by atoms with van der Waals surface area (Å²) in [5, 5.41) is 9.28. The van der Waals surface area contributed by atoms with Gasteiger partial charge in [-0.1, -0.05) is 0 Å². The minimum absolute atomic E-state index is 0.337. The van der Waals surface area contributed by atoms with E-state index in [1.807, 2.05) is 19.1 Å². The maximum absolute atomic E-state index is 11.3. The Morgan fingerprint density at radius 3 is 2.92 bits per heavy atom. The SMILES string of the molecule is Cc1nccc(N2CCC3(CC2)OCCc2sc(C(=O)O)cc23)n1. The summed E-state index contributed by atoms with van der Waals surface area (Å²) < 4.78 is 6.19. The van der Waals surface area contributed by atoms with Gasteiger partial charge in [0, 0.05) is 30.6 Å². The molecular weight excluding hydrogens is 326 g/mol. The summed E-state index contributed by atoms with van der Waals surface area (Å²) >= 11 is 1.40. The van der Waals surface area contributed by atoms with Crippen molar-refractivity contribution in [2.45, 2.75) is 31.8 Å². The van der Waals surface area contributed by atoms with E-state index in [0.717, 1.165) is 49.6 Å². The maximum atomic E-state index is 11.3. The molecule has 0 atom stereocenters. The number of aromatic nitrogens is 2. The van der Waals surface area contributed by atoms with E-state index in [4.69, 9.17) is 4.74 Å². The van der Waals surface area contributed by atoms with Crippen molar-refractivity contribution < 1.29 is 14.6 Å². The Bertz CT molecular complexity index is 781. The van der Waals surface area contributed by atoms with Crippen molar-refractivity contribution in [3.05, 3.63) is 39.5 Å². The van der Waals surface area contributed by atoms with Gasteiger partial charge in [-0.05, 0) is 37.5 Å². The van der Waals surface area contributed by atoms with Crippen molar-refractivity contribution in [1.29, 1.82) is 0 Å². The number of nitrogens with zero attached hydrogens (tertiary/aromatic N) is 3. The van der Waals surface area contributed by atoms with E-state index in [1.165, 1.54) is 16.2 Å². The zero-order valence-corrected chi connectivity index (χ0v) is 14.3. The van der Waals surface area contributed by atoms with Crippen molar-refractivity contribution in [2.24, 2.45) is 0 Å². The standard InChI is InChI=1S/C17H19N3O3S/c1-11-18-6-2-15(19-11)20-7-4-17(5-8-20)12-10-14(16(21)22)24-13(12)3-9-23-17/h2,6,10H,3-5,7-9H2,1H3,(H,21,22). The van der Waals surface area contributed by atoms with Crippen LogP contribution in [0.25, 0.3) is 0 Å². The van der Waals surface area contributed by atoms with Crippen LogP contribution in [0.15, 0.2) is 18.3 Å². The van der Waals surface area contributed by atoms with E-state index in [9.17, 15) is 9.90 Å². The van der Waals surface area contributed by atoms with Gasteiger partial charge >= 0.3 is 5.97 Å². The van der Waals surface area contributed by atoms with E-state index in [0.29, 0.717) is 11.5 Å². The van der Waals surface area contributed by atoms with Crippen molar-refractivity contribution in [2.75, 3.05) is 24.6 Å². The highest BCUT2D eigenvalue weighted by molar-refractivity contribution is 7.14. The lowest BCUT2D eigenvalue weighted by Gasteiger charge is -2.44. The molecule has 0 amide bonds. The highest BCUT2D eigenvalue weighted by Crippen LogP contribution is 2.45. The van der Waals surface area contributed by atoms with Crippen LogP contribution in [0.5, 0.6) is 0 Å². The van der Waals surface area contributed by atoms with Crippen LogP contribution in [0.3, 0.4) is 0 Å². The average molecular weight is 345 g/mol. The molecule has 0 aliphatic carbocycles. The molecule has 2 aromatic rings. The quantitative estimate of drug-likeness (QED) is 0.902. The molecule has 1 N–H and O–H groups in total. The smallest absolute Gasteiger partial charge is 0.345 e. The van der Waals surface area contributed by atoms with E-state index in [-0.39, 0.29) is 5.60 Å². The largest absolute Gasteiger partial charge is 0.477 e. The summed E-state index contributed by atoms with van der Waals surface area (Å²) in [6.07, 6.45) is 4.29. The third-order valence-corrected chi connectivity index (χ3v) is 6.06. The molecule has 24 heavy (non-hydrogen) atoms. The fourth-order valence-corrected chi connectivity index (χ4v) is 4.72. The first-order valence-electron chi connectivity index (χ1n) is 8.12. The molecule has 2 aromatic heterocycles. The van der Waals surface area contributed by atoms with E-state index < -0.39 is 5.97 Å². The Morgan fingerprint density at radius 1 is 1.42 bits per heavy atom. The van der Waals surface area contributed by atoms with Crippen LogP contribution in [0, 0.1) is 6.92 Å². The topological polar surface area (TPSA) is 75.6 Å². The summed E-state index contributed by atoms with van der Waals surface area (Å²) in [4.78, 5) is 23.8. The summed E-state index contributed by atoms with van der Waals surface area (Å²) in [6, 6.07) is 3.76. The highest BCUT2D eigenvalue weighted by atomic mass is 32.1. The van der Waals surface area contributed by atoms with E-state index >= 15 is 0 Å². The molecule has 4 heterocycles. The molecular formula is C17H19N3O3S. The Morgan fingerprint density at radius 2 is 2.21 bits per heavy atom. The molecule has 0 radical (unpaired) electrons. The van der Waals surface area contributed by atoms with Gasteiger partial charge in [0.1, 0.15) is 16.5 Å². The number of carboxylic acids is 1. The van der Waals surface area contributed by atoms with Crippen molar-refractivity contribution >= 4 is 23.1 Å². The first-order chi connectivity index (χ1) is 11.6. The number of fused-ring (bicyclic) bond motifs is 2. The molecule has 4 rings (SSSR count). The van der Waals surface area contributed by atoms with Crippen molar-refractivity contribution in [1.82, 2.24) is 9.97 Å². The molecule has 0 saturated carbocycles. The lowest BCUT2D eigenvalue weighted by atomic mass is 9.82. The van der Waals surface area contributed by atoms with Gasteiger partial charge in [0.15, 0.2) is 0 Å². The zero-order valence-electron chi connectivity index (χ0n) is 13.5. The molecule has 0 unspecified atom stereocenters. The van der Waals surface area contributed by atoms with Crippen LogP contribution in [0.1, 0.15) is 38.8 Å². The number of thiophene rings is 1. The number of rotatable bonds is 2. The molecule has 0 bridgehead atoms. The van der Waals surface area contributed by atoms with Gasteiger partial charge in [0.2, 0.25) is 0 Å². The third-order valence-electron chi connectivity index (χ3n) is 4.87. The van der Waals surface area contributed by atoms with Gasteiger partial charge in [-0.2, -0.15) is 0 Å². The Kier molecular flexibility index (Phi) is 3.77. The molecule has 0 aromatic carbocycles. The van der Waals surface area contributed by atoms with Crippen LogP contribution in [-0.2, 0) is 16.8 Å². The average Bonchev–Trinajstić information content (AvgIpc) is 3.02. The monoisotopic (exact) mass is 345 g/mol. The minimum atomic E-state index is -0.849. The second-order valence-corrected chi connectivity index (χ2v) is 7.43. The number of ether oxygens (including phenoxy) is 1. The lowest BCUT2D eigenvalue weighted by molar-refractivity contribution is -0.0757. The summed E-state index contributed by atoms with van der Waals surface area (Å²) in [5.74, 6) is 0.872. The number of aromatic carboxylic acids is 1. The predicted octanol–water partition coefficient (Wildman–Crippen LogP) is 2.61. The van der Waals surface area contributed by atoms with Crippen LogP contribution < -0.4 is 4.90 Å². The number of hydrogen-bond acceptors (Lipinski definition) is 6. The first-order valence-corrected chi connectivity index (χ1v) is 8.94. The fourth-order valence-electron chi connectivity index (χ4n) is 3.65. The number of carboxylic acid groups (broad SMARTS) is 1. The predicted molar refractivity (Wildman–Crippen MR) is 90.8 cm³/mol. The summed E-state index contributed by atoms with van der Waals surface area (Å²) in [5.41, 5.74) is 0.755. The number of piperidine rings is 1. The zero-order chi connectivity index (χ0) is 16.7. The van der Waals surface area contributed by atoms with Gasteiger partial charge in [-0.3, -0.25) is 0 Å². The van der Waals surface area contributed by atoms with Crippen LogP contribution in [-0.4, -0.2) is 40.7 Å². The van der Waals surface area contributed by atoms with Gasteiger partial charge in [0.05, 0.1) is 12.2 Å². The Hall–Kier alpha value is -1.99. The molecule has 126 valence electrons. The number of anilines is 1. The normalized spacial score (nSPS) is 19.3. The number of carbonyl (C=O) groups is 1. The van der Waals surface area contributed by atoms with Crippen LogP contribution >= 0.6 is 11.3 Å². The summed E-state index contributed by atoms with van der Waals surface area (Å²) in [7, 11) is 0. The number of hydrogen-bond donors (Lipinski definition) is 1. The van der Waals surface area contributed by atoms with Crippen LogP contribution in [0.4, 0.5) is 5.82 Å². The third kappa shape index (κ3) is 2.57. The van der Waals surface area contributed by atoms with Gasteiger partial charge in [-0.15, -0.1) is 11.3 Å². The Balaban J connectivity index is 1.58. The molecule has 1 fully saturated rings. The number of aryl methyl sites for hydroxylation is 1. The molecule has 7 heteroatoms. The second-order valence-electron chi connectivity index (χ2n) is 6.29. The molecule has 1 spiro atoms. The van der Waals surface area contributed by atoms with Gasteiger partial charge < -0.3 is 14.7 Å². The molecule has 1 saturated heterocycles. The minimum Gasteiger partial charge on any atom is -0.477 e. The van der Waals surface area contributed by atoms with Crippen molar-refractivity contribution in [3.63, 3.8) is 0 Å². The molecule has 2 aliphatic rings. The lowest BCUT2D eigenvalue weighted by Crippen LogP contribution is -2.46. The van der Waals surface area contributed by atoms with E-state index in [2.05, 4.69) is 14.9 Å². The first kappa shape index (κ1) is 15.5. The Labute approximate surface area is 144 Å². The maximum Gasteiger partial charge on any atom is 0.345 e. The van der Waals surface area contributed by atoms with Crippen LogP contribution in [0.2, 0.25) is 0 Å². The van der Waals surface area contributed by atoms with Gasteiger partial charge in [-0.25, -0.2) is 14.8 Å². The van der Waals surface area contributed by atoms with E-state index in [1.54, 1.807) is 6.20 Å². The molecule has 6 nitrogen and oxygen atoms in total. The second kappa shape index (κ2) is 5.82. The highest BCUT2D eigenvalue weighted by Gasteiger charge is 2.42. The molecule has 2 aliphatic heterocycles. The fraction of sp³-hybridized carbons (Fsp3) is 0.471. The van der Waals surface area contributed by atoms with Gasteiger partial charge in [0.25, 0.3) is 0 Å².